The largest absolute Gasteiger partial charge is 0.465 e. The molecule has 0 aliphatic rings. The lowest BCUT2D eigenvalue weighted by Crippen LogP contribution is -2.39. The topological polar surface area (TPSA) is 115 Å². The van der Waals surface area contributed by atoms with Crippen molar-refractivity contribution >= 4 is 23.6 Å². The number of nitrogens with one attached hydrogen (secondary N) is 1. The fraction of sp³-hybridized carbons (Fsp3) is 0.556. The lowest BCUT2D eigenvalue weighted by atomic mass is 10.1. The van der Waals surface area contributed by atoms with Crippen molar-refractivity contribution in [2.45, 2.75) is 27.2 Å². The van der Waals surface area contributed by atoms with Gasteiger partial charge in [0, 0.05) is 26.3 Å². The molecular formula is C18H26N2O7. The maximum atomic E-state index is 12.7. The van der Waals surface area contributed by atoms with Gasteiger partial charge in [0.15, 0.2) is 5.78 Å². The maximum Gasteiger partial charge on any atom is 0.339 e. The lowest BCUT2D eigenvalue weighted by molar-refractivity contribution is -0.149. The van der Waals surface area contributed by atoms with Crippen LogP contribution in [0.25, 0.3) is 0 Å². The summed E-state index contributed by atoms with van der Waals surface area (Å²) in [6, 6.07) is 0. The Morgan fingerprint density at radius 2 is 1.81 bits per heavy atom. The van der Waals surface area contributed by atoms with Gasteiger partial charge in [-0.25, -0.2) is 4.79 Å². The van der Waals surface area contributed by atoms with E-state index in [2.05, 4.69) is 4.98 Å². The van der Waals surface area contributed by atoms with E-state index in [0.717, 1.165) is 0 Å². The summed E-state index contributed by atoms with van der Waals surface area (Å²) in [5.41, 5.74) is 1.08. The number of esters is 2. The molecule has 1 N–H and O–H groups in total. The molecule has 0 fully saturated rings. The molecule has 0 radical (unpaired) electrons. The summed E-state index contributed by atoms with van der Waals surface area (Å²) in [5, 5.41) is 0. The monoisotopic (exact) mass is 382 g/mol. The predicted molar refractivity (Wildman–Crippen MR) is 95.7 cm³/mol. The van der Waals surface area contributed by atoms with Crippen molar-refractivity contribution in [3.8, 4) is 0 Å². The van der Waals surface area contributed by atoms with Gasteiger partial charge in [0.2, 0.25) is 5.91 Å². The first-order chi connectivity index (χ1) is 12.8. The quantitative estimate of drug-likeness (QED) is 0.472. The minimum absolute atomic E-state index is 0.152. The molecule has 0 aliphatic carbocycles. The average Bonchev–Trinajstić information content (AvgIpc) is 2.94. The van der Waals surface area contributed by atoms with Crippen molar-refractivity contribution in [3.63, 3.8) is 0 Å². The molecule has 0 aromatic carbocycles. The molecule has 0 aliphatic heterocycles. The molecule has 9 heteroatoms. The molecule has 0 unspecified atom stereocenters. The summed E-state index contributed by atoms with van der Waals surface area (Å²) in [4.78, 5) is 52.5. The first-order valence-corrected chi connectivity index (χ1v) is 8.49. The molecule has 1 rings (SSSR count). The van der Waals surface area contributed by atoms with Gasteiger partial charge in [0.25, 0.3) is 0 Å². The van der Waals surface area contributed by atoms with E-state index in [0.29, 0.717) is 5.56 Å². The number of amides is 1. The molecule has 0 saturated carbocycles. The highest BCUT2D eigenvalue weighted by Crippen LogP contribution is 2.21. The zero-order valence-corrected chi connectivity index (χ0v) is 16.3. The van der Waals surface area contributed by atoms with E-state index in [4.69, 9.17) is 14.2 Å². The van der Waals surface area contributed by atoms with Gasteiger partial charge in [-0.3, -0.25) is 14.4 Å². The van der Waals surface area contributed by atoms with E-state index in [-0.39, 0.29) is 55.5 Å². The number of aromatic nitrogens is 1. The van der Waals surface area contributed by atoms with Crippen LogP contribution in [-0.4, -0.2) is 74.0 Å². The first-order valence-electron chi connectivity index (χ1n) is 8.49. The molecule has 1 amide bonds. The van der Waals surface area contributed by atoms with Crippen molar-refractivity contribution in [2.24, 2.45) is 0 Å². The van der Waals surface area contributed by atoms with Crippen LogP contribution in [0.15, 0.2) is 0 Å². The molecule has 0 bridgehead atoms. The molecular weight excluding hydrogens is 356 g/mol. The van der Waals surface area contributed by atoms with E-state index < -0.39 is 17.8 Å². The molecule has 27 heavy (non-hydrogen) atoms. The highest BCUT2D eigenvalue weighted by molar-refractivity contribution is 6.01. The summed E-state index contributed by atoms with van der Waals surface area (Å²) in [6.45, 7) is 5.02. The van der Waals surface area contributed by atoms with Gasteiger partial charge in [0.1, 0.15) is 6.54 Å². The van der Waals surface area contributed by atoms with Gasteiger partial charge in [-0.2, -0.15) is 0 Å². The number of carbonyl (C=O) groups is 4. The Morgan fingerprint density at radius 3 is 2.33 bits per heavy atom. The molecule has 9 nitrogen and oxygen atoms in total. The van der Waals surface area contributed by atoms with E-state index in [9.17, 15) is 19.2 Å². The third kappa shape index (κ3) is 5.92. The number of H-pyrrole nitrogens is 1. The SMILES string of the molecule is CCOC(=O)CN(CCOC)C(=O)Cc1[nH]c(C(C)=O)c(C)c1C(=O)OC. The molecule has 1 heterocycles. The van der Waals surface area contributed by atoms with Gasteiger partial charge in [-0.15, -0.1) is 0 Å². The number of carbonyl (C=O) groups excluding carboxylic acids is 4. The lowest BCUT2D eigenvalue weighted by Gasteiger charge is -2.21. The Hall–Kier alpha value is -2.68. The Morgan fingerprint density at radius 1 is 1.15 bits per heavy atom. The number of hydrogen-bond donors (Lipinski definition) is 1. The maximum absolute atomic E-state index is 12.7. The zero-order chi connectivity index (χ0) is 20.6. The highest BCUT2D eigenvalue weighted by atomic mass is 16.5. The molecule has 0 atom stereocenters. The summed E-state index contributed by atoms with van der Waals surface area (Å²) in [6.07, 6.45) is -0.207. The Bertz CT molecular complexity index is 709. The second-order valence-corrected chi connectivity index (χ2v) is 5.82. The summed E-state index contributed by atoms with van der Waals surface area (Å²) < 4.78 is 14.6. The number of nitrogens with zero attached hydrogens (tertiary/aromatic N) is 1. The molecule has 150 valence electrons. The zero-order valence-electron chi connectivity index (χ0n) is 16.3. The van der Waals surface area contributed by atoms with Gasteiger partial charge in [-0.05, 0) is 19.4 Å². The third-order valence-corrected chi connectivity index (χ3v) is 3.94. The highest BCUT2D eigenvalue weighted by Gasteiger charge is 2.26. The molecule has 1 aromatic heterocycles. The summed E-state index contributed by atoms with van der Waals surface area (Å²) >= 11 is 0. The molecule has 0 spiro atoms. The number of ether oxygens (including phenoxy) is 3. The second-order valence-electron chi connectivity index (χ2n) is 5.82. The van der Waals surface area contributed by atoms with E-state index >= 15 is 0 Å². The van der Waals surface area contributed by atoms with Crippen molar-refractivity contribution < 1.29 is 33.4 Å². The van der Waals surface area contributed by atoms with Gasteiger partial charge in [-0.1, -0.05) is 0 Å². The predicted octanol–water partition coefficient (Wildman–Crippen LogP) is 0.893. The van der Waals surface area contributed by atoms with Gasteiger partial charge in [0.05, 0.1) is 38.0 Å². The normalized spacial score (nSPS) is 10.4. The average molecular weight is 382 g/mol. The van der Waals surface area contributed by atoms with Crippen LogP contribution in [0.5, 0.6) is 0 Å². The van der Waals surface area contributed by atoms with Crippen LogP contribution in [0.3, 0.4) is 0 Å². The van der Waals surface area contributed by atoms with Gasteiger partial charge < -0.3 is 24.1 Å². The van der Waals surface area contributed by atoms with Crippen LogP contribution in [-0.2, 0) is 30.2 Å². The van der Waals surface area contributed by atoms with Crippen molar-refractivity contribution in [1.29, 1.82) is 0 Å². The van der Waals surface area contributed by atoms with Crippen molar-refractivity contribution in [3.05, 3.63) is 22.5 Å². The van der Waals surface area contributed by atoms with Crippen LogP contribution in [0.4, 0.5) is 0 Å². The smallest absolute Gasteiger partial charge is 0.339 e. The van der Waals surface area contributed by atoms with E-state index in [1.165, 1.54) is 26.0 Å². The van der Waals surface area contributed by atoms with E-state index in [1.54, 1.807) is 13.8 Å². The standard InChI is InChI=1S/C18H26N2O7/c1-6-27-15(23)10-20(7-8-25-4)14(22)9-13-16(18(24)26-5)11(2)17(19-13)12(3)21/h19H,6-10H2,1-5H3. The van der Waals surface area contributed by atoms with Gasteiger partial charge >= 0.3 is 11.9 Å². The van der Waals surface area contributed by atoms with Crippen LogP contribution in [0.1, 0.15) is 46.0 Å². The Labute approximate surface area is 157 Å². The Kier molecular flexibility index (Phi) is 8.67. The van der Waals surface area contributed by atoms with Crippen LogP contribution < -0.4 is 0 Å². The van der Waals surface area contributed by atoms with Crippen LogP contribution in [0.2, 0.25) is 0 Å². The minimum atomic E-state index is -0.645. The molecule has 0 saturated heterocycles. The van der Waals surface area contributed by atoms with Crippen LogP contribution >= 0.6 is 0 Å². The Balaban J connectivity index is 3.12. The first kappa shape index (κ1) is 22.4. The third-order valence-electron chi connectivity index (χ3n) is 3.94. The summed E-state index contributed by atoms with van der Waals surface area (Å²) in [5.74, 6) is -1.86. The number of methoxy groups -OCH3 is 2. The number of ketones is 1. The van der Waals surface area contributed by atoms with Crippen molar-refractivity contribution in [1.82, 2.24) is 9.88 Å². The number of aromatic amines is 1. The molecule has 1 aromatic rings. The van der Waals surface area contributed by atoms with Crippen LogP contribution in [0, 0.1) is 6.92 Å². The number of Topliss-reactive ketones (excluding diaryl/α,β-unsaturated/α-hetero) is 1. The van der Waals surface area contributed by atoms with Crippen molar-refractivity contribution in [2.75, 3.05) is 40.5 Å². The fourth-order valence-corrected chi connectivity index (χ4v) is 2.64. The number of hydrogen-bond acceptors (Lipinski definition) is 7. The fourth-order valence-electron chi connectivity index (χ4n) is 2.64. The summed E-state index contributed by atoms with van der Waals surface area (Å²) in [7, 11) is 2.70. The number of rotatable bonds is 10. The minimum Gasteiger partial charge on any atom is -0.465 e. The van der Waals surface area contributed by atoms with E-state index in [1.807, 2.05) is 0 Å². The second kappa shape index (κ2) is 10.5.